The second-order valence-corrected chi connectivity index (χ2v) is 8.24. The van der Waals surface area contributed by atoms with Gasteiger partial charge in [-0.1, -0.05) is 48.5 Å². The van der Waals surface area contributed by atoms with Crippen LogP contribution in [0.5, 0.6) is 0 Å². The van der Waals surface area contributed by atoms with Gasteiger partial charge in [-0.15, -0.1) is 0 Å². The summed E-state index contributed by atoms with van der Waals surface area (Å²) in [4.78, 5) is 14.5. The van der Waals surface area contributed by atoms with Crippen molar-refractivity contribution in [1.29, 1.82) is 0 Å². The molecule has 2 N–H and O–H groups in total. The van der Waals surface area contributed by atoms with Crippen LogP contribution >= 0.6 is 0 Å². The van der Waals surface area contributed by atoms with Crippen molar-refractivity contribution in [2.24, 2.45) is 0 Å². The highest BCUT2D eigenvalue weighted by Crippen LogP contribution is 2.08. The van der Waals surface area contributed by atoms with E-state index in [2.05, 4.69) is 27.1 Å². The molecule has 2 rings (SSSR count). The van der Waals surface area contributed by atoms with Gasteiger partial charge in [-0.2, -0.15) is 4.72 Å². The van der Waals surface area contributed by atoms with Gasteiger partial charge in [-0.3, -0.25) is 4.79 Å². The number of nitrogens with one attached hydrogen (secondary N) is 2. The van der Waals surface area contributed by atoms with Gasteiger partial charge >= 0.3 is 0 Å². The first-order valence-corrected chi connectivity index (χ1v) is 10.4. The maximum Gasteiger partial charge on any atom is 0.241 e. The monoisotopic (exact) mass is 389 g/mol. The molecule has 0 aliphatic carbocycles. The highest BCUT2D eigenvalue weighted by molar-refractivity contribution is 7.89. The van der Waals surface area contributed by atoms with E-state index >= 15 is 0 Å². The number of hydrogen-bond donors (Lipinski definition) is 2. The van der Waals surface area contributed by atoms with Crippen LogP contribution in [0.15, 0.2) is 65.6 Å². The van der Waals surface area contributed by atoms with Crippen LogP contribution < -0.4 is 10.0 Å². The van der Waals surface area contributed by atoms with E-state index in [1.165, 1.54) is 24.6 Å². The summed E-state index contributed by atoms with van der Waals surface area (Å²) < 4.78 is 26.9. The number of rotatable bonds is 10. The largest absolute Gasteiger partial charge is 0.355 e. The maximum absolute atomic E-state index is 12.2. The summed E-state index contributed by atoms with van der Waals surface area (Å²) in [6.07, 6.45) is 0.785. The number of sulfonamides is 1. The zero-order chi connectivity index (χ0) is 19.7. The van der Waals surface area contributed by atoms with Gasteiger partial charge in [0.15, 0.2) is 0 Å². The van der Waals surface area contributed by atoms with Gasteiger partial charge in [0.25, 0.3) is 0 Å². The molecule has 2 aromatic carbocycles. The van der Waals surface area contributed by atoms with E-state index in [0.717, 1.165) is 19.5 Å². The van der Waals surface area contributed by atoms with Gasteiger partial charge in [0, 0.05) is 13.1 Å². The van der Waals surface area contributed by atoms with E-state index in [9.17, 15) is 13.2 Å². The van der Waals surface area contributed by atoms with Gasteiger partial charge in [-0.05, 0) is 44.6 Å². The molecule has 0 aromatic heterocycles. The third-order valence-corrected chi connectivity index (χ3v) is 5.65. The molecule has 0 radical (unpaired) electrons. The van der Waals surface area contributed by atoms with Crippen LogP contribution in [0.3, 0.4) is 0 Å². The Morgan fingerprint density at radius 3 is 2.26 bits per heavy atom. The quantitative estimate of drug-likeness (QED) is 0.609. The first-order chi connectivity index (χ1) is 12.9. The Morgan fingerprint density at radius 1 is 1.04 bits per heavy atom. The Kier molecular flexibility index (Phi) is 7.97. The van der Waals surface area contributed by atoms with Crippen molar-refractivity contribution in [3.63, 3.8) is 0 Å². The summed E-state index contributed by atoms with van der Waals surface area (Å²) in [7, 11) is -1.67. The average molecular weight is 390 g/mol. The number of nitrogens with zero attached hydrogens (tertiary/aromatic N) is 1. The normalized spacial score (nSPS) is 12.7. The highest BCUT2D eigenvalue weighted by Gasteiger charge is 2.21. The number of carbonyl (C=O) groups excluding carboxylic acids is 1. The topological polar surface area (TPSA) is 78.5 Å². The number of benzene rings is 2. The lowest BCUT2D eigenvalue weighted by Crippen LogP contribution is -2.45. The van der Waals surface area contributed by atoms with Crippen molar-refractivity contribution < 1.29 is 13.2 Å². The summed E-state index contributed by atoms with van der Waals surface area (Å²) in [5.74, 6) is -0.333. The third kappa shape index (κ3) is 7.13. The molecule has 0 bridgehead atoms. The van der Waals surface area contributed by atoms with Crippen LogP contribution in [0.25, 0.3) is 0 Å². The Balaban J connectivity index is 1.70. The Morgan fingerprint density at radius 2 is 1.63 bits per heavy atom. The van der Waals surface area contributed by atoms with Crippen molar-refractivity contribution in [3.05, 3.63) is 66.2 Å². The van der Waals surface area contributed by atoms with E-state index in [0.29, 0.717) is 6.54 Å². The van der Waals surface area contributed by atoms with Crippen LogP contribution in [0.4, 0.5) is 0 Å². The molecular formula is C20H27N3O3S. The number of hydrogen-bond acceptors (Lipinski definition) is 4. The molecule has 0 saturated heterocycles. The summed E-state index contributed by atoms with van der Waals surface area (Å²) in [6.45, 7) is 3.72. The maximum atomic E-state index is 12.2. The molecular weight excluding hydrogens is 362 g/mol. The zero-order valence-corrected chi connectivity index (χ0v) is 16.6. The SMILES string of the molecule is C[C@H](NS(=O)(=O)c1ccccc1)C(=O)NCCCN(C)Cc1ccccc1. The fourth-order valence-corrected chi connectivity index (χ4v) is 3.87. The van der Waals surface area contributed by atoms with E-state index in [-0.39, 0.29) is 10.8 Å². The highest BCUT2D eigenvalue weighted by atomic mass is 32.2. The van der Waals surface area contributed by atoms with Crippen molar-refractivity contribution in [2.45, 2.75) is 30.8 Å². The van der Waals surface area contributed by atoms with E-state index < -0.39 is 16.1 Å². The van der Waals surface area contributed by atoms with Crippen LogP contribution in [0.1, 0.15) is 18.9 Å². The standard InChI is InChI=1S/C20H27N3O3S/c1-17(22-27(25,26)19-12-7-4-8-13-19)20(24)21-14-9-15-23(2)16-18-10-5-3-6-11-18/h3-8,10-13,17,22H,9,14-16H2,1-2H3,(H,21,24)/t17-/m0/s1. The molecule has 0 heterocycles. The predicted molar refractivity (Wildman–Crippen MR) is 107 cm³/mol. The molecule has 1 atom stereocenters. The van der Waals surface area contributed by atoms with Crippen molar-refractivity contribution in [2.75, 3.05) is 20.1 Å². The first-order valence-electron chi connectivity index (χ1n) is 8.96. The molecule has 7 heteroatoms. The summed E-state index contributed by atoms with van der Waals surface area (Å²) in [5.41, 5.74) is 1.24. The molecule has 146 valence electrons. The molecule has 1 amide bonds. The van der Waals surface area contributed by atoms with Gasteiger partial charge in [-0.25, -0.2) is 8.42 Å². The fourth-order valence-electron chi connectivity index (χ4n) is 2.64. The second-order valence-electron chi connectivity index (χ2n) is 6.52. The molecule has 0 saturated carbocycles. The minimum Gasteiger partial charge on any atom is -0.355 e. The van der Waals surface area contributed by atoms with Gasteiger partial charge in [0.05, 0.1) is 10.9 Å². The molecule has 0 aliphatic rings. The van der Waals surface area contributed by atoms with E-state index in [1.807, 2.05) is 25.2 Å². The molecule has 0 spiro atoms. The molecule has 6 nitrogen and oxygen atoms in total. The molecule has 0 unspecified atom stereocenters. The average Bonchev–Trinajstić information content (AvgIpc) is 2.66. The predicted octanol–water partition coefficient (Wildman–Crippen LogP) is 1.99. The lowest BCUT2D eigenvalue weighted by molar-refractivity contribution is -0.122. The lowest BCUT2D eigenvalue weighted by atomic mass is 10.2. The third-order valence-electron chi connectivity index (χ3n) is 4.09. The van der Waals surface area contributed by atoms with Crippen LogP contribution in [0, 0.1) is 0 Å². The molecule has 0 aliphatic heterocycles. The van der Waals surface area contributed by atoms with Crippen molar-refractivity contribution in [1.82, 2.24) is 14.9 Å². The van der Waals surface area contributed by atoms with Gasteiger partial charge < -0.3 is 10.2 Å². The number of carbonyl (C=O) groups is 1. The number of amides is 1. The Bertz CT molecular complexity index is 811. The lowest BCUT2D eigenvalue weighted by Gasteiger charge is -2.18. The Labute approximate surface area is 161 Å². The van der Waals surface area contributed by atoms with Crippen LogP contribution in [-0.2, 0) is 21.4 Å². The minimum absolute atomic E-state index is 0.146. The van der Waals surface area contributed by atoms with Crippen LogP contribution in [0.2, 0.25) is 0 Å². The van der Waals surface area contributed by atoms with Gasteiger partial charge in [0.2, 0.25) is 15.9 Å². The first kappa shape index (κ1) is 21.1. The van der Waals surface area contributed by atoms with E-state index in [4.69, 9.17) is 0 Å². The van der Waals surface area contributed by atoms with Crippen molar-refractivity contribution >= 4 is 15.9 Å². The smallest absolute Gasteiger partial charge is 0.241 e. The molecule has 27 heavy (non-hydrogen) atoms. The van der Waals surface area contributed by atoms with Gasteiger partial charge in [0.1, 0.15) is 0 Å². The summed E-state index contributed by atoms with van der Waals surface area (Å²) in [5, 5.41) is 2.78. The zero-order valence-electron chi connectivity index (χ0n) is 15.8. The van der Waals surface area contributed by atoms with Crippen LogP contribution in [-0.4, -0.2) is 45.4 Å². The second kappa shape index (κ2) is 10.2. The molecule has 0 fully saturated rings. The molecule has 2 aromatic rings. The fraction of sp³-hybridized carbons (Fsp3) is 0.350. The minimum atomic E-state index is -3.70. The van der Waals surface area contributed by atoms with Crippen molar-refractivity contribution in [3.8, 4) is 0 Å². The summed E-state index contributed by atoms with van der Waals surface area (Å²) in [6, 6.07) is 17.4. The summed E-state index contributed by atoms with van der Waals surface area (Å²) >= 11 is 0. The van der Waals surface area contributed by atoms with E-state index in [1.54, 1.807) is 18.2 Å². The Hall–Kier alpha value is -2.22.